The third kappa shape index (κ3) is 4.87. The molecule has 0 spiro atoms. The summed E-state index contributed by atoms with van der Waals surface area (Å²) in [5.74, 6) is 0.781. The summed E-state index contributed by atoms with van der Waals surface area (Å²) < 4.78 is 27.2. The van der Waals surface area contributed by atoms with E-state index in [1.165, 1.54) is 49.0 Å². The number of amides is 1. The zero-order valence-electron chi connectivity index (χ0n) is 16.9. The number of carbonyl (C=O) groups is 2. The predicted molar refractivity (Wildman–Crippen MR) is 109 cm³/mol. The highest BCUT2D eigenvalue weighted by Gasteiger charge is 2.36. The minimum Gasteiger partial charge on any atom is -0.339 e. The number of carbonyl (C=O) groups excluding carboxylic acids is 2. The predicted octanol–water partition coefficient (Wildman–Crippen LogP) is 1.60. The van der Waals surface area contributed by atoms with E-state index in [0.29, 0.717) is 44.3 Å². The summed E-state index contributed by atoms with van der Waals surface area (Å²) in [5.41, 5.74) is 0.491. The van der Waals surface area contributed by atoms with Crippen LogP contribution in [-0.2, 0) is 14.8 Å². The van der Waals surface area contributed by atoms with Gasteiger partial charge in [-0.05, 0) is 50.7 Å². The van der Waals surface area contributed by atoms with Crippen molar-refractivity contribution in [2.45, 2.75) is 43.5 Å². The van der Waals surface area contributed by atoms with Gasteiger partial charge in [-0.3, -0.25) is 14.5 Å². The van der Waals surface area contributed by atoms with Crippen LogP contribution in [0.3, 0.4) is 0 Å². The van der Waals surface area contributed by atoms with Gasteiger partial charge in [0, 0.05) is 44.3 Å². The number of hydrogen-bond acceptors (Lipinski definition) is 5. The fourth-order valence-electron chi connectivity index (χ4n) is 3.88. The lowest BCUT2D eigenvalue weighted by Gasteiger charge is -2.35. The molecule has 4 rings (SSSR count). The summed E-state index contributed by atoms with van der Waals surface area (Å²) in [6.07, 6.45) is 4.94. The molecule has 1 saturated heterocycles. The van der Waals surface area contributed by atoms with E-state index in [1.54, 1.807) is 17.0 Å². The van der Waals surface area contributed by atoms with Gasteiger partial charge in [-0.25, -0.2) is 8.42 Å². The van der Waals surface area contributed by atoms with Crippen LogP contribution in [0.25, 0.3) is 0 Å². The lowest BCUT2D eigenvalue weighted by molar-refractivity contribution is -0.133. The molecule has 2 aliphatic carbocycles. The molecule has 0 bridgehead atoms. The van der Waals surface area contributed by atoms with Gasteiger partial charge >= 0.3 is 0 Å². The molecule has 0 unspecified atom stereocenters. The number of hydrogen-bond donors (Lipinski definition) is 0. The molecular formula is C21H29N3O4S. The Morgan fingerprint density at radius 3 is 2.14 bits per heavy atom. The number of Topliss-reactive ketones (excluding diaryl/α,β-unsaturated/α-hetero) is 1. The van der Waals surface area contributed by atoms with Gasteiger partial charge in [0.1, 0.15) is 0 Å². The second-order valence-electron chi connectivity index (χ2n) is 8.47. The van der Waals surface area contributed by atoms with Crippen molar-refractivity contribution in [3.63, 3.8) is 0 Å². The van der Waals surface area contributed by atoms with E-state index in [-0.39, 0.29) is 16.6 Å². The van der Waals surface area contributed by atoms with Gasteiger partial charge in [0.05, 0.1) is 11.4 Å². The Morgan fingerprint density at radius 1 is 1.00 bits per heavy atom. The minimum atomic E-state index is -3.61. The zero-order valence-corrected chi connectivity index (χ0v) is 17.7. The molecule has 1 aromatic rings. The standard InChI is InChI=1S/C21H29N3O4S/c1-16(25)18-4-8-20(9-5-18)29(27,28)24-12-10-22(11-13-24)21(26)15-23(19-6-7-19)14-17-2-3-17/h4-5,8-9,17,19H,2-3,6-7,10-15H2,1H3. The van der Waals surface area contributed by atoms with Gasteiger partial charge in [0.15, 0.2) is 5.78 Å². The van der Waals surface area contributed by atoms with E-state index in [4.69, 9.17) is 0 Å². The Bertz CT molecular complexity index is 868. The number of rotatable bonds is 8. The number of benzene rings is 1. The van der Waals surface area contributed by atoms with E-state index in [1.807, 2.05) is 0 Å². The van der Waals surface area contributed by atoms with E-state index >= 15 is 0 Å². The summed E-state index contributed by atoms with van der Waals surface area (Å²) in [6.45, 7) is 4.39. The molecular weight excluding hydrogens is 390 g/mol. The van der Waals surface area contributed by atoms with Crippen molar-refractivity contribution in [1.82, 2.24) is 14.1 Å². The third-order valence-corrected chi connectivity index (χ3v) is 7.99. The van der Waals surface area contributed by atoms with Gasteiger partial charge in [-0.1, -0.05) is 12.1 Å². The van der Waals surface area contributed by atoms with Crippen molar-refractivity contribution < 1.29 is 18.0 Å². The van der Waals surface area contributed by atoms with Gasteiger partial charge in [0.25, 0.3) is 0 Å². The molecule has 7 nitrogen and oxygen atoms in total. The molecule has 1 heterocycles. The summed E-state index contributed by atoms with van der Waals surface area (Å²) >= 11 is 0. The first-order valence-electron chi connectivity index (χ1n) is 10.5. The van der Waals surface area contributed by atoms with E-state index < -0.39 is 10.0 Å². The molecule has 1 aliphatic heterocycles. The first kappa shape index (κ1) is 20.5. The van der Waals surface area contributed by atoms with E-state index in [9.17, 15) is 18.0 Å². The van der Waals surface area contributed by atoms with Crippen molar-refractivity contribution in [1.29, 1.82) is 0 Å². The van der Waals surface area contributed by atoms with Crippen LogP contribution in [0.2, 0.25) is 0 Å². The largest absolute Gasteiger partial charge is 0.339 e. The molecule has 0 atom stereocenters. The minimum absolute atomic E-state index is 0.0944. The maximum absolute atomic E-state index is 12.9. The lowest BCUT2D eigenvalue weighted by atomic mass is 10.2. The summed E-state index contributed by atoms with van der Waals surface area (Å²) in [7, 11) is -3.61. The number of ketones is 1. The van der Waals surface area contributed by atoms with Crippen molar-refractivity contribution in [2.75, 3.05) is 39.3 Å². The Morgan fingerprint density at radius 2 is 1.62 bits per heavy atom. The second-order valence-corrected chi connectivity index (χ2v) is 10.4. The highest BCUT2D eigenvalue weighted by Crippen LogP contribution is 2.34. The van der Waals surface area contributed by atoms with Gasteiger partial charge in [-0.15, -0.1) is 0 Å². The highest BCUT2D eigenvalue weighted by atomic mass is 32.2. The second kappa shape index (κ2) is 8.16. The Balaban J connectivity index is 1.33. The molecule has 1 amide bonds. The van der Waals surface area contributed by atoms with Crippen LogP contribution in [0.5, 0.6) is 0 Å². The van der Waals surface area contributed by atoms with Crippen molar-refractivity contribution in [3.8, 4) is 0 Å². The fourth-order valence-corrected chi connectivity index (χ4v) is 5.30. The molecule has 29 heavy (non-hydrogen) atoms. The average molecular weight is 420 g/mol. The Hall–Kier alpha value is -1.77. The van der Waals surface area contributed by atoms with Crippen LogP contribution >= 0.6 is 0 Å². The topological polar surface area (TPSA) is 78.0 Å². The first-order valence-corrected chi connectivity index (χ1v) is 11.9. The molecule has 2 saturated carbocycles. The summed E-state index contributed by atoms with van der Waals surface area (Å²) in [5, 5.41) is 0. The molecule has 158 valence electrons. The third-order valence-electron chi connectivity index (χ3n) is 6.08. The normalized spacial score (nSPS) is 20.8. The van der Waals surface area contributed by atoms with Gasteiger partial charge in [0.2, 0.25) is 15.9 Å². The molecule has 0 aromatic heterocycles. The number of nitrogens with zero attached hydrogens (tertiary/aromatic N) is 3. The first-order chi connectivity index (χ1) is 13.8. The highest BCUT2D eigenvalue weighted by molar-refractivity contribution is 7.89. The summed E-state index contributed by atoms with van der Waals surface area (Å²) in [4.78, 5) is 28.5. The average Bonchev–Trinajstić information content (AvgIpc) is 3.61. The molecule has 1 aromatic carbocycles. The monoisotopic (exact) mass is 419 g/mol. The van der Waals surface area contributed by atoms with Gasteiger partial charge < -0.3 is 4.90 Å². The summed E-state index contributed by atoms with van der Waals surface area (Å²) in [6, 6.07) is 6.62. The van der Waals surface area contributed by atoms with Crippen LogP contribution < -0.4 is 0 Å². The lowest BCUT2D eigenvalue weighted by Crippen LogP contribution is -2.52. The van der Waals surface area contributed by atoms with Crippen LogP contribution in [0.1, 0.15) is 43.0 Å². The molecule has 8 heteroatoms. The zero-order chi connectivity index (χ0) is 20.6. The SMILES string of the molecule is CC(=O)c1ccc(S(=O)(=O)N2CCN(C(=O)CN(CC3CC3)C3CC3)CC2)cc1. The van der Waals surface area contributed by atoms with Crippen molar-refractivity contribution in [2.24, 2.45) is 5.92 Å². The maximum Gasteiger partial charge on any atom is 0.243 e. The molecule has 0 N–H and O–H groups in total. The quantitative estimate of drug-likeness (QED) is 0.598. The fraction of sp³-hybridized carbons (Fsp3) is 0.619. The van der Waals surface area contributed by atoms with Crippen molar-refractivity contribution >= 4 is 21.7 Å². The number of piperazine rings is 1. The number of sulfonamides is 1. The Kier molecular flexibility index (Phi) is 5.77. The van der Waals surface area contributed by atoms with E-state index in [2.05, 4.69) is 4.90 Å². The van der Waals surface area contributed by atoms with Crippen LogP contribution in [0.15, 0.2) is 29.2 Å². The van der Waals surface area contributed by atoms with Crippen molar-refractivity contribution in [3.05, 3.63) is 29.8 Å². The van der Waals surface area contributed by atoms with Gasteiger partial charge in [-0.2, -0.15) is 4.31 Å². The van der Waals surface area contributed by atoms with Crippen LogP contribution in [0.4, 0.5) is 0 Å². The Labute approximate surface area is 172 Å². The molecule has 3 fully saturated rings. The van der Waals surface area contributed by atoms with E-state index in [0.717, 1.165) is 12.5 Å². The smallest absolute Gasteiger partial charge is 0.243 e. The maximum atomic E-state index is 12.9. The van der Waals surface area contributed by atoms with Crippen LogP contribution in [0, 0.1) is 5.92 Å². The van der Waals surface area contributed by atoms with Crippen LogP contribution in [-0.4, -0.2) is 79.5 Å². The molecule has 0 radical (unpaired) electrons. The molecule has 3 aliphatic rings.